The molecule has 2 aromatic carbocycles. The topological polar surface area (TPSA) is 105 Å². The maximum absolute atomic E-state index is 12.4. The zero-order valence-corrected chi connectivity index (χ0v) is 15.2. The van der Waals surface area contributed by atoms with Gasteiger partial charge in [0.15, 0.2) is 0 Å². The van der Waals surface area contributed by atoms with E-state index in [0.717, 1.165) is 12.8 Å². The molecule has 7 nitrogen and oxygen atoms in total. The van der Waals surface area contributed by atoms with Gasteiger partial charge in [-0.3, -0.25) is 9.59 Å². The van der Waals surface area contributed by atoms with Gasteiger partial charge in [-0.15, -0.1) is 0 Å². The molecule has 3 N–H and O–H groups in total. The minimum absolute atomic E-state index is 0.0939. The zero-order chi connectivity index (χ0) is 19.8. The van der Waals surface area contributed by atoms with Crippen LogP contribution >= 0.6 is 0 Å². The summed E-state index contributed by atoms with van der Waals surface area (Å²) in [6.07, 6.45) is 1.66. The Hall–Kier alpha value is -3.35. The van der Waals surface area contributed by atoms with E-state index in [0.29, 0.717) is 12.2 Å². The highest BCUT2D eigenvalue weighted by molar-refractivity contribution is 6.08. The highest BCUT2D eigenvalue weighted by atomic mass is 16.5. The van der Waals surface area contributed by atoms with Gasteiger partial charge < -0.3 is 20.5 Å². The molecule has 0 aliphatic rings. The number of aromatic carboxylic acids is 1. The van der Waals surface area contributed by atoms with Gasteiger partial charge in [-0.2, -0.15) is 0 Å². The Morgan fingerprint density at radius 2 is 1.70 bits per heavy atom. The van der Waals surface area contributed by atoms with Crippen LogP contribution in [0.3, 0.4) is 0 Å². The number of rotatable bonds is 8. The minimum Gasteiger partial charge on any atom is -0.493 e. The second kappa shape index (κ2) is 9.38. The Kier molecular flexibility index (Phi) is 6.93. The number of carboxylic acids is 1. The fourth-order valence-electron chi connectivity index (χ4n) is 2.37. The summed E-state index contributed by atoms with van der Waals surface area (Å²) in [6, 6.07) is 11.2. The number of carbonyl (C=O) groups is 3. The third-order valence-electron chi connectivity index (χ3n) is 3.70. The molecule has 0 saturated heterocycles. The summed E-state index contributed by atoms with van der Waals surface area (Å²) >= 11 is 0. The Labute approximate surface area is 157 Å². The van der Waals surface area contributed by atoms with Crippen LogP contribution in [0.4, 0.5) is 11.4 Å². The summed E-state index contributed by atoms with van der Waals surface area (Å²) in [6.45, 7) is 3.67. The minimum atomic E-state index is -1.19. The first-order valence-electron chi connectivity index (χ1n) is 8.60. The van der Waals surface area contributed by atoms with Crippen LogP contribution in [0.1, 0.15) is 47.4 Å². The van der Waals surface area contributed by atoms with Crippen LogP contribution in [0.25, 0.3) is 0 Å². The van der Waals surface area contributed by atoms with Crippen molar-refractivity contribution in [2.45, 2.75) is 26.7 Å². The Morgan fingerprint density at radius 3 is 2.30 bits per heavy atom. The van der Waals surface area contributed by atoms with Gasteiger partial charge in [-0.05, 0) is 24.6 Å². The lowest BCUT2D eigenvalue weighted by Crippen LogP contribution is -2.16. The predicted octanol–water partition coefficient (Wildman–Crippen LogP) is 3.77. The standard InChI is InChI=1S/C20H22N2O5/c1-3-4-10-27-18-12-17(21-13(2)23)16(11-15(18)20(25)26)22-19(24)14-8-6-5-7-9-14/h5-9,11-12H,3-4,10H2,1-2H3,(H,21,23)(H,22,24)(H,25,26). The number of hydrogen-bond acceptors (Lipinski definition) is 4. The van der Waals surface area contributed by atoms with E-state index in [1.165, 1.54) is 19.1 Å². The zero-order valence-electron chi connectivity index (χ0n) is 15.2. The van der Waals surface area contributed by atoms with Crippen LogP contribution in [0.2, 0.25) is 0 Å². The van der Waals surface area contributed by atoms with Crippen molar-refractivity contribution in [2.75, 3.05) is 17.2 Å². The van der Waals surface area contributed by atoms with Gasteiger partial charge in [0.05, 0.1) is 18.0 Å². The molecule has 0 aliphatic heterocycles. The number of ether oxygens (including phenoxy) is 1. The highest BCUT2D eigenvalue weighted by Gasteiger charge is 2.19. The van der Waals surface area contributed by atoms with Crippen molar-refractivity contribution in [3.8, 4) is 5.75 Å². The summed E-state index contributed by atoms with van der Waals surface area (Å²) < 4.78 is 5.56. The van der Waals surface area contributed by atoms with Crippen LogP contribution in [-0.2, 0) is 4.79 Å². The van der Waals surface area contributed by atoms with E-state index in [9.17, 15) is 19.5 Å². The van der Waals surface area contributed by atoms with Crippen LogP contribution < -0.4 is 15.4 Å². The molecule has 0 bridgehead atoms. The van der Waals surface area contributed by atoms with Gasteiger partial charge in [0.1, 0.15) is 11.3 Å². The molecule has 142 valence electrons. The number of carboxylic acid groups (broad SMARTS) is 1. The molecule has 2 rings (SSSR count). The molecule has 7 heteroatoms. The number of nitrogens with one attached hydrogen (secondary N) is 2. The largest absolute Gasteiger partial charge is 0.493 e. The van der Waals surface area contributed by atoms with Gasteiger partial charge >= 0.3 is 5.97 Å². The van der Waals surface area contributed by atoms with Crippen molar-refractivity contribution < 1.29 is 24.2 Å². The maximum atomic E-state index is 12.4. The molecule has 0 atom stereocenters. The molecule has 2 amide bonds. The van der Waals surface area contributed by atoms with Crippen LogP contribution in [0, 0.1) is 0 Å². The number of benzene rings is 2. The lowest BCUT2D eigenvalue weighted by atomic mass is 10.1. The van der Waals surface area contributed by atoms with E-state index >= 15 is 0 Å². The van der Waals surface area contributed by atoms with Crippen LogP contribution in [-0.4, -0.2) is 29.5 Å². The van der Waals surface area contributed by atoms with Gasteiger partial charge in [-0.1, -0.05) is 31.5 Å². The van der Waals surface area contributed by atoms with Gasteiger partial charge in [0, 0.05) is 18.6 Å². The first-order valence-corrected chi connectivity index (χ1v) is 8.60. The molecular weight excluding hydrogens is 348 g/mol. The van der Waals surface area contributed by atoms with Crippen molar-refractivity contribution in [1.29, 1.82) is 0 Å². The first-order chi connectivity index (χ1) is 12.9. The van der Waals surface area contributed by atoms with Gasteiger partial charge in [0.25, 0.3) is 5.91 Å². The molecule has 0 spiro atoms. The Morgan fingerprint density at radius 1 is 1.04 bits per heavy atom. The molecule has 0 aliphatic carbocycles. The fraction of sp³-hybridized carbons (Fsp3) is 0.250. The summed E-state index contributed by atoms with van der Waals surface area (Å²) in [5, 5.41) is 14.7. The summed E-state index contributed by atoms with van der Waals surface area (Å²) in [5.74, 6) is -1.82. The predicted molar refractivity (Wildman–Crippen MR) is 103 cm³/mol. The van der Waals surface area contributed by atoms with Crippen molar-refractivity contribution in [1.82, 2.24) is 0 Å². The normalized spacial score (nSPS) is 10.1. The average Bonchev–Trinajstić information content (AvgIpc) is 2.63. The van der Waals surface area contributed by atoms with E-state index in [2.05, 4.69) is 10.6 Å². The van der Waals surface area contributed by atoms with Crippen LogP contribution in [0.15, 0.2) is 42.5 Å². The van der Waals surface area contributed by atoms with Crippen molar-refractivity contribution >= 4 is 29.2 Å². The van der Waals surface area contributed by atoms with E-state index in [1.54, 1.807) is 30.3 Å². The van der Waals surface area contributed by atoms with Crippen molar-refractivity contribution in [3.63, 3.8) is 0 Å². The van der Waals surface area contributed by atoms with E-state index in [1.807, 2.05) is 6.92 Å². The maximum Gasteiger partial charge on any atom is 0.339 e. The molecule has 27 heavy (non-hydrogen) atoms. The number of anilines is 2. The molecule has 0 fully saturated rings. The summed E-state index contributed by atoms with van der Waals surface area (Å²) in [5.41, 5.74) is 0.762. The number of unbranched alkanes of at least 4 members (excludes halogenated alkanes) is 1. The number of amides is 2. The molecule has 0 radical (unpaired) electrons. The second-order valence-electron chi connectivity index (χ2n) is 5.90. The lowest BCUT2D eigenvalue weighted by molar-refractivity contribution is -0.114. The quantitative estimate of drug-likeness (QED) is 0.614. The third-order valence-corrected chi connectivity index (χ3v) is 3.70. The molecular formula is C20H22N2O5. The molecule has 0 heterocycles. The lowest BCUT2D eigenvalue weighted by Gasteiger charge is -2.16. The molecule has 0 unspecified atom stereocenters. The highest BCUT2D eigenvalue weighted by Crippen LogP contribution is 2.32. The second-order valence-corrected chi connectivity index (χ2v) is 5.90. The SMILES string of the molecule is CCCCOc1cc(NC(C)=O)c(NC(=O)c2ccccc2)cc1C(=O)O. The van der Waals surface area contributed by atoms with Gasteiger partial charge in [-0.25, -0.2) is 4.79 Å². The van der Waals surface area contributed by atoms with Gasteiger partial charge in [0.2, 0.25) is 5.91 Å². The smallest absolute Gasteiger partial charge is 0.339 e. The fourth-order valence-corrected chi connectivity index (χ4v) is 2.37. The van der Waals surface area contributed by atoms with Crippen molar-refractivity contribution in [3.05, 3.63) is 53.6 Å². The third kappa shape index (κ3) is 5.57. The van der Waals surface area contributed by atoms with E-state index < -0.39 is 11.9 Å². The van der Waals surface area contributed by atoms with Crippen molar-refractivity contribution in [2.24, 2.45) is 0 Å². The molecule has 2 aromatic rings. The first kappa shape index (κ1) is 20.0. The van der Waals surface area contributed by atoms with E-state index in [-0.39, 0.29) is 28.6 Å². The monoisotopic (exact) mass is 370 g/mol. The Bertz CT molecular complexity index is 834. The van der Waals surface area contributed by atoms with Crippen LogP contribution in [0.5, 0.6) is 5.75 Å². The molecule has 0 saturated carbocycles. The number of hydrogen-bond donors (Lipinski definition) is 3. The molecule has 0 aromatic heterocycles. The average molecular weight is 370 g/mol. The summed E-state index contributed by atoms with van der Waals surface area (Å²) in [7, 11) is 0. The number of carbonyl (C=O) groups excluding carboxylic acids is 2. The Balaban J connectivity index is 2.40. The summed E-state index contributed by atoms with van der Waals surface area (Å²) in [4.78, 5) is 35.6. The van der Waals surface area contributed by atoms with E-state index in [4.69, 9.17) is 4.74 Å².